The highest BCUT2D eigenvalue weighted by molar-refractivity contribution is 7.22. The predicted molar refractivity (Wildman–Crippen MR) is 148 cm³/mol. The zero-order valence-corrected chi connectivity index (χ0v) is 22.0. The van der Waals surface area contributed by atoms with Crippen LogP contribution in [-0.2, 0) is 0 Å². The molecule has 0 unspecified atom stereocenters. The van der Waals surface area contributed by atoms with Crippen LogP contribution < -0.4 is 10.2 Å². The summed E-state index contributed by atoms with van der Waals surface area (Å²) in [5, 5.41) is 0. The molecular weight excluding hydrogens is 390 g/mol. The lowest BCUT2D eigenvalue weighted by atomic mass is 9.79. The van der Waals surface area contributed by atoms with Gasteiger partial charge in [-0.25, -0.2) is 0 Å². The molecule has 1 aromatic rings. The lowest BCUT2D eigenvalue weighted by molar-refractivity contribution is 0.323. The molecule has 1 heterocycles. The van der Waals surface area contributed by atoms with Crippen molar-refractivity contribution in [1.82, 2.24) is 0 Å². The third-order valence-corrected chi connectivity index (χ3v) is 6.75. The summed E-state index contributed by atoms with van der Waals surface area (Å²) in [7, 11) is 11.7. The van der Waals surface area contributed by atoms with Crippen LogP contribution in [0.4, 0.5) is 0 Å². The normalized spacial score (nSPS) is 20.3. The number of thiophene rings is 1. The second-order valence-electron chi connectivity index (χ2n) is 7.81. The number of allylic oxidation sites excluding steroid dienone is 9. The molecule has 31 heavy (non-hydrogen) atoms. The highest BCUT2D eigenvalue weighted by Crippen LogP contribution is 2.33. The summed E-state index contributed by atoms with van der Waals surface area (Å²) >= 11 is 1.54. The van der Waals surface area contributed by atoms with Gasteiger partial charge in [0.2, 0.25) is 0 Å². The van der Waals surface area contributed by atoms with Gasteiger partial charge in [-0.2, -0.15) is 11.3 Å². The van der Waals surface area contributed by atoms with Crippen LogP contribution in [0.1, 0.15) is 86.0 Å². The summed E-state index contributed by atoms with van der Waals surface area (Å²) in [6.45, 7) is 20.8. The Bertz CT molecular complexity index is 762. The molecule has 0 saturated heterocycles. The molecule has 0 amide bonds. The van der Waals surface area contributed by atoms with E-state index in [4.69, 9.17) is 15.7 Å². The third-order valence-electron chi connectivity index (χ3n) is 5.63. The Balaban J connectivity index is 0.00000212. The predicted octanol–water partition coefficient (Wildman–Crippen LogP) is 7.62. The van der Waals surface area contributed by atoms with Crippen molar-refractivity contribution < 1.29 is 0 Å². The monoisotopic (exact) mass is 432 g/mol. The average molecular weight is 432 g/mol. The summed E-state index contributed by atoms with van der Waals surface area (Å²) in [5.74, 6) is 1.54. The van der Waals surface area contributed by atoms with Crippen LogP contribution in [0.25, 0.3) is 5.57 Å². The Hall–Kier alpha value is -1.47. The molecule has 166 valence electrons. The van der Waals surface area contributed by atoms with Gasteiger partial charge in [-0.15, -0.1) is 0 Å². The minimum atomic E-state index is 0.665. The van der Waals surface area contributed by atoms with Gasteiger partial charge >= 0.3 is 0 Å². The second kappa shape index (κ2) is 16.2. The van der Waals surface area contributed by atoms with Crippen molar-refractivity contribution in [3.8, 4) is 0 Å². The van der Waals surface area contributed by atoms with Gasteiger partial charge in [-0.1, -0.05) is 101 Å². The Kier molecular flexibility index (Phi) is 15.4. The fourth-order valence-electron chi connectivity index (χ4n) is 3.39. The summed E-state index contributed by atoms with van der Waals surface area (Å²) < 4.78 is 0.689. The first-order chi connectivity index (χ1) is 14.8. The maximum atomic E-state index is 5.86. The van der Waals surface area contributed by atoms with Crippen molar-refractivity contribution in [3.63, 3.8) is 0 Å². The quantitative estimate of drug-likeness (QED) is 0.320. The molecule has 1 fully saturated rings. The smallest absolute Gasteiger partial charge is 0.128 e. The van der Waals surface area contributed by atoms with Crippen LogP contribution in [-0.4, -0.2) is 15.7 Å². The minimum Gasteiger partial charge on any atom is -0.153 e. The molecule has 0 atom stereocenters. The molecule has 0 aliphatic heterocycles. The van der Waals surface area contributed by atoms with Crippen molar-refractivity contribution in [2.75, 3.05) is 0 Å². The van der Waals surface area contributed by atoms with Crippen LogP contribution in [0, 0.1) is 11.8 Å². The Morgan fingerprint density at radius 1 is 0.903 bits per heavy atom. The SMILES string of the molecule is CC.CC.[B]c1cc(/C(C)=C/C=C(C)/C(C)=C/C=C(\C=C)C2CCC(C)CC2)sc1[B]. The first-order valence-electron chi connectivity index (χ1n) is 11.8. The van der Waals surface area contributed by atoms with Gasteiger partial charge in [0, 0.05) is 4.88 Å². The molecule has 0 bridgehead atoms. The molecule has 0 aromatic carbocycles. The third kappa shape index (κ3) is 10.1. The molecule has 3 heteroatoms. The molecule has 1 aliphatic carbocycles. The average Bonchev–Trinajstić information content (AvgIpc) is 3.14. The van der Waals surface area contributed by atoms with E-state index in [1.807, 2.05) is 39.8 Å². The minimum absolute atomic E-state index is 0.665. The Morgan fingerprint density at radius 3 is 1.87 bits per heavy atom. The fraction of sp³-hybridized carbons (Fsp3) is 0.500. The number of hydrogen-bond acceptors (Lipinski definition) is 1. The van der Waals surface area contributed by atoms with Gasteiger partial charge in [0.25, 0.3) is 0 Å². The molecule has 4 radical (unpaired) electrons. The standard InChI is InChI=1S/C24H30B2S.2C2H6/c1-6-20(21-12-7-16(2)8-13-21)14-11-18(4)17(3)9-10-19(5)23-15-22(25)24(26)27-23;2*1-2/h6,9-11,14-16,21H,1,7-8,12-13H2,2-5H3;2*1-2H3/b17-9+,18-11+,19-10+,20-14+;;. The first kappa shape index (κ1) is 29.5. The molecular formula is C28H42B2S. The molecule has 1 aromatic heterocycles. The molecule has 1 aliphatic rings. The van der Waals surface area contributed by atoms with Crippen LogP contribution >= 0.6 is 11.3 Å². The van der Waals surface area contributed by atoms with E-state index in [9.17, 15) is 0 Å². The lowest BCUT2D eigenvalue weighted by Crippen LogP contribution is -2.18. The van der Waals surface area contributed by atoms with Gasteiger partial charge in [-0.3, -0.25) is 0 Å². The molecule has 0 N–H and O–H groups in total. The van der Waals surface area contributed by atoms with E-state index >= 15 is 0 Å². The van der Waals surface area contributed by atoms with Crippen molar-refractivity contribution in [1.29, 1.82) is 0 Å². The number of hydrogen-bond donors (Lipinski definition) is 0. The van der Waals surface area contributed by atoms with Crippen LogP contribution in [0.5, 0.6) is 0 Å². The molecule has 2 rings (SSSR count). The van der Waals surface area contributed by atoms with Crippen molar-refractivity contribution >= 4 is 42.8 Å². The van der Waals surface area contributed by atoms with Crippen molar-refractivity contribution in [2.45, 2.75) is 81.1 Å². The van der Waals surface area contributed by atoms with E-state index in [1.54, 1.807) is 0 Å². The Morgan fingerprint density at radius 2 is 1.42 bits per heavy atom. The molecule has 0 spiro atoms. The van der Waals surface area contributed by atoms with Crippen LogP contribution in [0.2, 0.25) is 0 Å². The van der Waals surface area contributed by atoms with Crippen molar-refractivity contribution in [2.24, 2.45) is 11.8 Å². The van der Waals surface area contributed by atoms with E-state index in [1.165, 1.54) is 59.3 Å². The number of rotatable bonds is 6. The van der Waals surface area contributed by atoms with Gasteiger partial charge in [0.1, 0.15) is 15.7 Å². The summed E-state index contributed by atoms with van der Waals surface area (Å²) in [6, 6.07) is 1.95. The van der Waals surface area contributed by atoms with Gasteiger partial charge in [0.15, 0.2) is 0 Å². The molecule has 0 nitrogen and oxygen atoms in total. The Labute approximate surface area is 200 Å². The lowest BCUT2D eigenvalue weighted by Gasteiger charge is -2.27. The van der Waals surface area contributed by atoms with Crippen LogP contribution in [0.15, 0.2) is 59.7 Å². The van der Waals surface area contributed by atoms with E-state index in [-0.39, 0.29) is 0 Å². The topological polar surface area (TPSA) is 0 Å². The van der Waals surface area contributed by atoms with Gasteiger partial charge in [-0.05, 0) is 67.7 Å². The van der Waals surface area contributed by atoms with Gasteiger partial charge in [0.05, 0.1) is 0 Å². The summed E-state index contributed by atoms with van der Waals surface area (Å²) in [4.78, 5) is 1.12. The maximum absolute atomic E-state index is 5.86. The van der Waals surface area contributed by atoms with Gasteiger partial charge < -0.3 is 0 Å². The highest BCUT2D eigenvalue weighted by Gasteiger charge is 2.19. The van der Waals surface area contributed by atoms with E-state index in [2.05, 4.69) is 58.6 Å². The van der Waals surface area contributed by atoms with E-state index in [0.29, 0.717) is 16.2 Å². The zero-order valence-electron chi connectivity index (χ0n) is 21.2. The maximum Gasteiger partial charge on any atom is 0.128 e. The first-order valence-corrected chi connectivity index (χ1v) is 12.6. The highest BCUT2D eigenvalue weighted by atomic mass is 32.1. The largest absolute Gasteiger partial charge is 0.153 e. The summed E-state index contributed by atoms with van der Waals surface area (Å²) in [5.41, 5.74) is 5.75. The van der Waals surface area contributed by atoms with E-state index < -0.39 is 0 Å². The second-order valence-corrected chi connectivity index (χ2v) is 8.89. The molecule has 1 saturated carbocycles. The zero-order chi connectivity index (χ0) is 24.0. The van der Waals surface area contributed by atoms with E-state index in [0.717, 1.165) is 10.8 Å². The summed E-state index contributed by atoms with van der Waals surface area (Å²) in [6.07, 6.45) is 16.1. The fourth-order valence-corrected chi connectivity index (χ4v) is 4.22. The van der Waals surface area contributed by atoms with Crippen molar-refractivity contribution in [3.05, 3.63) is 64.6 Å². The van der Waals surface area contributed by atoms with Crippen LogP contribution in [0.3, 0.4) is 0 Å².